The molecule has 0 unspecified atom stereocenters. The van der Waals surface area contributed by atoms with Gasteiger partial charge < -0.3 is 19.6 Å². The quantitative estimate of drug-likeness (QED) is 0.515. The van der Waals surface area contributed by atoms with Crippen LogP contribution in [0.15, 0.2) is 30.5 Å². The number of rotatable bonds is 7. The van der Waals surface area contributed by atoms with Crippen molar-refractivity contribution in [3.8, 4) is 11.3 Å². The lowest BCUT2D eigenvalue weighted by Gasteiger charge is -2.35. The summed E-state index contributed by atoms with van der Waals surface area (Å²) in [7, 11) is 0. The number of aromatic nitrogens is 3. The Kier molecular flexibility index (Phi) is 6.37. The fourth-order valence-corrected chi connectivity index (χ4v) is 6.26. The van der Waals surface area contributed by atoms with Gasteiger partial charge in [0.1, 0.15) is 0 Å². The third kappa shape index (κ3) is 4.89. The molecule has 3 aliphatic rings. The highest BCUT2D eigenvalue weighted by Crippen LogP contribution is 2.31. The molecule has 3 aromatic rings. The van der Waals surface area contributed by atoms with Gasteiger partial charge in [-0.25, -0.2) is 9.50 Å². The molecule has 1 aliphatic carbocycles. The number of imidazole rings is 1. The van der Waals surface area contributed by atoms with Crippen molar-refractivity contribution in [3.05, 3.63) is 30.5 Å². The second kappa shape index (κ2) is 9.78. The van der Waals surface area contributed by atoms with Crippen molar-refractivity contribution in [2.75, 3.05) is 42.6 Å². The summed E-state index contributed by atoms with van der Waals surface area (Å²) in [4.78, 5) is 21.5. The molecule has 2 aliphatic heterocycles. The van der Waals surface area contributed by atoms with Gasteiger partial charge in [0.2, 0.25) is 10.1 Å². The molecular weight excluding hydrogens is 462 g/mol. The third-order valence-corrected chi connectivity index (χ3v) is 8.89. The normalized spacial score (nSPS) is 20.5. The van der Waals surface area contributed by atoms with Crippen LogP contribution in [0.25, 0.3) is 16.2 Å². The highest BCUT2D eigenvalue weighted by molar-refractivity contribution is 7.20. The van der Waals surface area contributed by atoms with Crippen LogP contribution < -0.4 is 9.80 Å². The number of hydrogen-bond donors (Lipinski definition) is 1. The van der Waals surface area contributed by atoms with Crippen LogP contribution in [0.5, 0.6) is 0 Å². The first-order chi connectivity index (χ1) is 17.1. The summed E-state index contributed by atoms with van der Waals surface area (Å²) in [5, 5.41) is 14.8. The Bertz CT molecular complexity index is 1120. The molecule has 1 saturated carbocycles. The number of fused-ring (bicyclic) bond motifs is 1. The standard InChI is InChI=1S/C26H33N5O3S/c32-24(33)20-8-12-30(13-9-20)26-28-31-16-23(27-25(31)35-26)19-4-6-21(7-5-19)29-14-10-22(11-15-29)34-17-18-2-1-3-18/h4-7,16,18,20,22H,1-3,8-15,17H2,(H,32,33). The number of anilines is 2. The second-order valence-electron chi connectivity index (χ2n) is 10.2. The summed E-state index contributed by atoms with van der Waals surface area (Å²) in [6.07, 6.45) is 10.0. The van der Waals surface area contributed by atoms with Gasteiger partial charge in [0.05, 0.1) is 23.9 Å². The molecule has 2 aromatic heterocycles. The molecule has 0 bridgehead atoms. The van der Waals surface area contributed by atoms with Gasteiger partial charge in [0.25, 0.3) is 0 Å². The maximum Gasteiger partial charge on any atom is 0.306 e. The monoisotopic (exact) mass is 495 g/mol. The largest absolute Gasteiger partial charge is 0.481 e. The van der Waals surface area contributed by atoms with Gasteiger partial charge in [0, 0.05) is 44.0 Å². The zero-order chi connectivity index (χ0) is 23.8. The van der Waals surface area contributed by atoms with Crippen LogP contribution in [0.3, 0.4) is 0 Å². The van der Waals surface area contributed by atoms with E-state index in [0.29, 0.717) is 18.9 Å². The highest BCUT2D eigenvalue weighted by Gasteiger charge is 2.27. The Morgan fingerprint density at radius 2 is 1.71 bits per heavy atom. The average Bonchev–Trinajstić information content (AvgIpc) is 3.43. The van der Waals surface area contributed by atoms with E-state index in [0.717, 1.165) is 72.9 Å². The zero-order valence-electron chi connectivity index (χ0n) is 20.0. The maximum atomic E-state index is 11.2. The van der Waals surface area contributed by atoms with Crippen LogP contribution in [0, 0.1) is 11.8 Å². The predicted octanol–water partition coefficient (Wildman–Crippen LogP) is 4.54. The number of hydrogen-bond acceptors (Lipinski definition) is 7. The van der Waals surface area contributed by atoms with E-state index >= 15 is 0 Å². The van der Waals surface area contributed by atoms with Crippen molar-refractivity contribution in [1.29, 1.82) is 0 Å². The van der Waals surface area contributed by atoms with E-state index in [4.69, 9.17) is 14.8 Å². The van der Waals surface area contributed by atoms with Crippen LogP contribution in [0.1, 0.15) is 44.9 Å². The summed E-state index contributed by atoms with van der Waals surface area (Å²) >= 11 is 1.56. The number of piperidine rings is 2. The number of aliphatic carboxylic acids is 1. The molecule has 0 amide bonds. The van der Waals surface area contributed by atoms with Crippen molar-refractivity contribution >= 4 is 33.1 Å². The number of benzene rings is 1. The van der Waals surface area contributed by atoms with Crippen LogP contribution in [0.4, 0.5) is 10.8 Å². The molecule has 35 heavy (non-hydrogen) atoms. The number of nitrogens with zero attached hydrogens (tertiary/aromatic N) is 5. The van der Waals surface area contributed by atoms with Crippen molar-refractivity contribution in [2.45, 2.75) is 51.0 Å². The lowest BCUT2D eigenvalue weighted by molar-refractivity contribution is -0.142. The summed E-state index contributed by atoms with van der Waals surface area (Å²) < 4.78 is 8.01. The number of carboxylic acids is 1. The first-order valence-electron chi connectivity index (χ1n) is 12.9. The van der Waals surface area contributed by atoms with Crippen molar-refractivity contribution in [2.24, 2.45) is 11.8 Å². The molecular formula is C26H33N5O3S. The molecule has 8 nitrogen and oxygen atoms in total. The Labute approximate surface area is 209 Å². The van der Waals surface area contributed by atoms with E-state index in [9.17, 15) is 9.90 Å². The van der Waals surface area contributed by atoms with Crippen LogP contribution in [0.2, 0.25) is 0 Å². The minimum absolute atomic E-state index is 0.235. The van der Waals surface area contributed by atoms with Gasteiger partial charge in [-0.1, -0.05) is 29.9 Å². The lowest BCUT2D eigenvalue weighted by Crippen LogP contribution is -2.37. The van der Waals surface area contributed by atoms with Gasteiger partial charge in [-0.05, 0) is 56.6 Å². The van der Waals surface area contributed by atoms with E-state index in [1.54, 1.807) is 11.3 Å². The molecule has 0 atom stereocenters. The summed E-state index contributed by atoms with van der Waals surface area (Å²) in [6.45, 7) is 4.51. The number of carboxylic acid groups (broad SMARTS) is 1. The molecule has 0 radical (unpaired) electrons. The number of ether oxygens (including phenoxy) is 1. The van der Waals surface area contributed by atoms with E-state index in [2.05, 4.69) is 34.1 Å². The zero-order valence-corrected chi connectivity index (χ0v) is 20.8. The van der Waals surface area contributed by atoms with Crippen LogP contribution in [-0.2, 0) is 9.53 Å². The Morgan fingerprint density at radius 3 is 2.34 bits per heavy atom. The number of carbonyl (C=O) groups is 1. The summed E-state index contributed by atoms with van der Waals surface area (Å²) in [5.41, 5.74) is 3.28. The Morgan fingerprint density at radius 1 is 1.00 bits per heavy atom. The minimum Gasteiger partial charge on any atom is -0.481 e. The van der Waals surface area contributed by atoms with Crippen LogP contribution in [-0.4, -0.2) is 64.6 Å². The molecule has 2 saturated heterocycles. The molecule has 186 valence electrons. The topological polar surface area (TPSA) is 83.2 Å². The summed E-state index contributed by atoms with van der Waals surface area (Å²) in [6, 6.07) is 8.70. The molecule has 9 heteroatoms. The molecule has 1 N–H and O–H groups in total. The fourth-order valence-electron chi connectivity index (χ4n) is 5.33. The van der Waals surface area contributed by atoms with Crippen molar-refractivity contribution in [1.82, 2.24) is 14.6 Å². The Hall–Kier alpha value is -2.65. The van der Waals surface area contributed by atoms with Gasteiger partial charge in [-0.3, -0.25) is 4.79 Å². The van der Waals surface area contributed by atoms with E-state index < -0.39 is 5.97 Å². The molecule has 6 rings (SSSR count). The van der Waals surface area contributed by atoms with E-state index in [1.807, 2.05) is 10.7 Å². The average molecular weight is 496 g/mol. The van der Waals surface area contributed by atoms with Gasteiger partial charge in [-0.15, -0.1) is 5.10 Å². The fraction of sp³-hybridized carbons (Fsp3) is 0.577. The smallest absolute Gasteiger partial charge is 0.306 e. The van der Waals surface area contributed by atoms with Crippen LogP contribution >= 0.6 is 11.3 Å². The predicted molar refractivity (Wildman–Crippen MR) is 137 cm³/mol. The summed E-state index contributed by atoms with van der Waals surface area (Å²) in [5.74, 6) is -0.106. The maximum absolute atomic E-state index is 11.2. The van der Waals surface area contributed by atoms with Crippen molar-refractivity contribution in [3.63, 3.8) is 0 Å². The lowest BCUT2D eigenvalue weighted by atomic mass is 9.86. The molecule has 4 heterocycles. The minimum atomic E-state index is -0.688. The van der Waals surface area contributed by atoms with Gasteiger partial charge in [-0.2, -0.15) is 0 Å². The SMILES string of the molecule is O=C(O)C1CCN(c2nn3cc(-c4ccc(N5CCC(OCC6CCC6)CC5)cc4)nc3s2)CC1. The highest BCUT2D eigenvalue weighted by atomic mass is 32.1. The van der Waals surface area contributed by atoms with E-state index in [1.165, 1.54) is 24.9 Å². The second-order valence-corrected chi connectivity index (χ2v) is 11.1. The van der Waals surface area contributed by atoms with Crippen molar-refractivity contribution < 1.29 is 14.6 Å². The molecule has 1 aromatic carbocycles. The first-order valence-corrected chi connectivity index (χ1v) is 13.7. The third-order valence-electron chi connectivity index (χ3n) is 7.91. The van der Waals surface area contributed by atoms with E-state index in [-0.39, 0.29) is 5.92 Å². The van der Waals surface area contributed by atoms with Gasteiger partial charge >= 0.3 is 5.97 Å². The molecule has 0 spiro atoms. The van der Waals surface area contributed by atoms with Gasteiger partial charge in [0.15, 0.2) is 0 Å². The Balaban J connectivity index is 1.05. The first kappa shape index (κ1) is 22.8. The molecule has 3 fully saturated rings.